The number of hydrogen-bond donors (Lipinski definition) is 0. The third-order valence-corrected chi connectivity index (χ3v) is 3.93. The Morgan fingerprint density at radius 2 is 1.22 bits per heavy atom. The quantitative estimate of drug-likeness (QED) is 0.178. The Morgan fingerprint density at radius 1 is 0.739 bits per heavy atom. The topological polar surface area (TPSA) is 26.3 Å². The molecule has 0 amide bonds. The summed E-state index contributed by atoms with van der Waals surface area (Å²) in [4.78, 5) is 10.6. The van der Waals surface area contributed by atoms with Crippen LogP contribution in [-0.2, 0) is 9.53 Å². The molecule has 2 heteroatoms. The number of carbonyl (C=O) groups is 1. The molecule has 0 aromatic rings. The highest BCUT2D eigenvalue weighted by atomic mass is 16.5. The molecule has 0 bridgehead atoms. The molecule has 0 fully saturated rings. The molecule has 134 valence electrons. The van der Waals surface area contributed by atoms with E-state index in [2.05, 4.69) is 31.2 Å². The van der Waals surface area contributed by atoms with Gasteiger partial charge in [0.15, 0.2) is 0 Å². The molecule has 0 saturated heterocycles. The monoisotopic (exact) mass is 322 g/mol. The molecular formula is C21H38O2. The smallest absolute Gasteiger partial charge is 0.302 e. The first-order chi connectivity index (χ1) is 11.3. The van der Waals surface area contributed by atoms with Crippen molar-refractivity contribution < 1.29 is 9.53 Å². The number of allylic oxidation sites excluding steroid dienone is 4. The van der Waals surface area contributed by atoms with Gasteiger partial charge in [0.05, 0.1) is 6.61 Å². The van der Waals surface area contributed by atoms with Crippen molar-refractivity contribution in [1.82, 2.24) is 0 Å². The van der Waals surface area contributed by atoms with Crippen LogP contribution in [0.5, 0.6) is 0 Å². The van der Waals surface area contributed by atoms with Crippen molar-refractivity contribution in [2.75, 3.05) is 6.61 Å². The standard InChI is InChI=1S/C21H38O2/c1-3-4-5-6-7-8-9-10-11-12-13-14-15-16-17-18-19-20-23-21(2)22/h13-16H,3-12,17-20H2,1-2H3/b14-13-,16-15-. The van der Waals surface area contributed by atoms with Crippen LogP contribution in [-0.4, -0.2) is 12.6 Å². The van der Waals surface area contributed by atoms with Gasteiger partial charge in [-0.1, -0.05) is 82.6 Å². The van der Waals surface area contributed by atoms with Crippen LogP contribution in [0.4, 0.5) is 0 Å². The molecule has 0 rings (SSSR count). The molecule has 0 heterocycles. The lowest BCUT2D eigenvalue weighted by Crippen LogP contribution is -1.99. The van der Waals surface area contributed by atoms with Crippen molar-refractivity contribution in [3.05, 3.63) is 24.3 Å². The van der Waals surface area contributed by atoms with Crippen molar-refractivity contribution in [3.8, 4) is 0 Å². The fraction of sp³-hybridized carbons (Fsp3) is 0.762. The molecule has 0 aliphatic heterocycles. The van der Waals surface area contributed by atoms with Crippen molar-refractivity contribution in [2.24, 2.45) is 0 Å². The van der Waals surface area contributed by atoms with Gasteiger partial charge in [-0.2, -0.15) is 0 Å². The van der Waals surface area contributed by atoms with Crippen molar-refractivity contribution in [3.63, 3.8) is 0 Å². The first-order valence-electron chi connectivity index (χ1n) is 9.72. The van der Waals surface area contributed by atoms with E-state index in [-0.39, 0.29) is 5.97 Å². The first-order valence-corrected chi connectivity index (χ1v) is 9.72. The molecule has 0 spiro atoms. The van der Waals surface area contributed by atoms with Crippen LogP contribution in [0.2, 0.25) is 0 Å². The number of unbranched alkanes of at least 4 members (excludes halogenated alkanes) is 11. The second-order valence-corrected chi connectivity index (χ2v) is 6.31. The van der Waals surface area contributed by atoms with Crippen LogP contribution in [0.3, 0.4) is 0 Å². The van der Waals surface area contributed by atoms with E-state index in [0.29, 0.717) is 6.61 Å². The second-order valence-electron chi connectivity index (χ2n) is 6.31. The Labute approximate surface area is 144 Å². The SMILES string of the molecule is CCCCCCCCCCC/C=C\C=C/CCCCOC(C)=O. The molecule has 0 atom stereocenters. The summed E-state index contributed by atoms with van der Waals surface area (Å²) in [5, 5.41) is 0. The Morgan fingerprint density at radius 3 is 1.74 bits per heavy atom. The maximum absolute atomic E-state index is 10.6. The number of esters is 1. The van der Waals surface area contributed by atoms with Gasteiger partial charge in [-0.05, 0) is 32.1 Å². The van der Waals surface area contributed by atoms with Gasteiger partial charge in [0.1, 0.15) is 0 Å². The minimum absolute atomic E-state index is 0.181. The first kappa shape index (κ1) is 21.9. The van der Waals surface area contributed by atoms with Crippen LogP contribution in [0.15, 0.2) is 24.3 Å². The molecule has 0 saturated carbocycles. The molecule has 0 N–H and O–H groups in total. The molecule has 0 aliphatic rings. The van der Waals surface area contributed by atoms with E-state index < -0.39 is 0 Å². The van der Waals surface area contributed by atoms with E-state index in [1.807, 2.05) is 0 Å². The lowest BCUT2D eigenvalue weighted by atomic mass is 10.1. The zero-order valence-electron chi connectivity index (χ0n) is 15.5. The zero-order valence-corrected chi connectivity index (χ0v) is 15.5. The van der Waals surface area contributed by atoms with Gasteiger partial charge in [-0.15, -0.1) is 0 Å². The normalized spacial score (nSPS) is 11.6. The van der Waals surface area contributed by atoms with Crippen LogP contribution in [0, 0.1) is 0 Å². The minimum Gasteiger partial charge on any atom is -0.466 e. The highest BCUT2D eigenvalue weighted by molar-refractivity contribution is 5.65. The van der Waals surface area contributed by atoms with Gasteiger partial charge in [0, 0.05) is 6.92 Å². The van der Waals surface area contributed by atoms with Crippen LogP contribution >= 0.6 is 0 Å². The van der Waals surface area contributed by atoms with Gasteiger partial charge in [0.25, 0.3) is 0 Å². The Balaban J connectivity index is 3.18. The second kappa shape index (κ2) is 19.0. The fourth-order valence-corrected chi connectivity index (χ4v) is 2.50. The van der Waals surface area contributed by atoms with Crippen LogP contribution in [0.25, 0.3) is 0 Å². The summed E-state index contributed by atoms with van der Waals surface area (Å²) in [7, 11) is 0. The predicted molar refractivity (Wildman–Crippen MR) is 101 cm³/mol. The van der Waals surface area contributed by atoms with Gasteiger partial charge in [-0.25, -0.2) is 0 Å². The summed E-state index contributed by atoms with van der Waals surface area (Å²) in [5.74, 6) is -0.181. The third kappa shape index (κ3) is 21.0. The van der Waals surface area contributed by atoms with Crippen molar-refractivity contribution >= 4 is 5.97 Å². The minimum atomic E-state index is -0.181. The highest BCUT2D eigenvalue weighted by Gasteiger charge is 1.92. The Bertz CT molecular complexity index is 305. The van der Waals surface area contributed by atoms with E-state index in [4.69, 9.17) is 4.74 Å². The predicted octanol–water partition coefficient (Wildman–Crippen LogP) is 6.75. The molecule has 0 aromatic heterocycles. The van der Waals surface area contributed by atoms with Crippen molar-refractivity contribution in [2.45, 2.75) is 97.3 Å². The maximum Gasteiger partial charge on any atom is 0.302 e. The van der Waals surface area contributed by atoms with E-state index in [0.717, 1.165) is 19.3 Å². The van der Waals surface area contributed by atoms with Crippen LogP contribution in [0.1, 0.15) is 97.3 Å². The summed E-state index contributed by atoms with van der Waals surface area (Å²) < 4.78 is 4.89. The maximum atomic E-state index is 10.6. The summed E-state index contributed by atoms with van der Waals surface area (Å²) in [6.07, 6.45) is 25.6. The molecule has 0 aromatic carbocycles. The number of rotatable bonds is 16. The molecular weight excluding hydrogens is 284 g/mol. The Kier molecular flexibility index (Phi) is 18.1. The summed E-state index contributed by atoms with van der Waals surface area (Å²) in [6, 6.07) is 0. The molecule has 0 unspecified atom stereocenters. The molecule has 0 radical (unpaired) electrons. The summed E-state index contributed by atoms with van der Waals surface area (Å²) in [6.45, 7) is 4.28. The lowest BCUT2D eigenvalue weighted by molar-refractivity contribution is -0.141. The Hall–Kier alpha value is -1.05. The van der Waals surface area contributed by atoms with E-state index in [1.165, 1.54) is 71.1 Å². The van der Waals surface area contributed by atoms with E-state index in [9.17, 15) is 4.79 Å². The fourth-order valence-electron chi connectivity index (χ4n) is 2.50. The largest absolute Gasteiger partial charge is 0.466 e. The lowest BCUT2D eigenvalue weighted by Gasteiger charge is -2.00. The summed E-state index contributed by atoms with van der Waals surface area (Å²) >= 11 is 0. The van der Waals surface area contributed by atoms with Crippen LogP contribution < -0.4 is 0 Å². The van der Waals surface area contributed by atoms with E-state index >= 15 is 0 Å². The van der Waals surface area contributed by atoms with Gasteiger partial charge in [-0.3, -0.25) is 4.79 Å². The van der Waals surface area contributed by atoms with Gasteiger partial charge < -0.3 is 4.74 Å². The highest BCUT2D eigenvalue weighted by Crippen LogP contribution is 2.10. The molecule has 2 nitrogen and oxygen atoms in total. The summed E-state index contributed by atoms with van der Waals surface area (Å²) in [5.41, 5.74) is 0. The van der Waals surface area contributed by atoms with Crippen molar-refractivity contribution in [1.29, 1.82) is 0 Å². The average Bonchev–Trinajstić information content (AvgIpc) is 2.53. The van der Waals surface area contributed by atoms with Gasteiger partial charge >= 0.3 is 5.97 Å². The number of ether oxygens (including phenoxy) is 1. The third-order valence-electron chi connectivity index (χ3n) is 3.93. The van der Waals surface area contributed by atoms with E-state index in [1.54, 1.807) is 0 Å². The molecule has 0 aliphatic carbocycles. The number of hydrogen-bond acceptors (Lipinski definition) is 2. The zero-order chi connectivity index (χ0) is 17.0. The number of carbonyl (C=O) groups excluding carboxylic acids is 1. The molecule has 23 heavy (non-hydrogen) atoms. The van der Waals surface area contributed by atoms with Gasteiger partial charge in [0.2, 0.25) is 0 Å². The average molecular weight is 323 g/mol.